The molecule has 0 aromatic heterocycles. The van der Waals surface area contributed by atoms with Gasteiger partial charge in [0, 0.05) is 18.3 Å². The van der Waals surface area contributed by atoms with E-state index in [1.54, 1.807) is 17.0 Å². The first kappa shape index (κ1) is 21.1. The van der Waals surface area contributed by atoms with Gasteiger partial charge in [0.2, 0.25) is 15.9 Å². The van der Waals surface area contributed by atoms with E-state index in [1.807, 2.05) is 31.2 Å². The molecule has 3 rings (SSSR count). The monoisotopic (exact) mass is 414 g/mol. The van der Waals surface area contributed by atoms with Gasteiger partial charge in [-0.2, -0.15) is 4.31 Å². The molecule has 29 heavy (non-hydrogen) atoms. The van der Waals surface area contributed by atoms with E-state index < -0.39 is 10.0 Å². The Bertz CT molecular complexity index is 986. The predicted octanol–water partition coefficient (Wildman–Crippen LogP) is 3.24. The molecule has 1 aliphatic rings. The largest absolute Gasteiger partial charge is 0.497 e. The normalized spacial score (nSPS) is 16.4. The summed E-state index contributed by atoms with van der Waals surface area (Å²) in [6, 6.07) is 13.9. The summed E-state index contributed by atoms with van der Waals surface area (Å²) in [4.78, 5) is 15.0. The van der Waals surface area contributed by atoms with Gasteiger partial charge in [0.15, 0.2) is 0 Å². The van der Waals surface area contributed by atoms with Gasteiger partial charge in [-0.25, -0.2) is 8.42 Å². The highest BCUT2D eigenvalue weighted by Gasteiger charge is 2.32. The molecule has 0 fully saturated rings. The summed E-state index contributed by atoms with van der Waals surface area (Å²) in [5.41, 5.74) is 1.96. The number of para-hydroxylation sites is 1. The number of carbonyl (C=O) groups is 1. The van der Waals surface area contributed by atoms with Crippen LogP contribution in [0.25, 0.3) is 0 Å². The quantitative estimate of drug-likeness (QED) is 0.653. The molecule has 7 heteroatoms. The average molecular weight is 415 g/mol. The van der Waals surface area contributed by atoms with Crippen LogP contribution in [-0.4, -0.2) is 44.9 Å². The number of nitrogens with zero attached hydrogens (tertiary/aromatic N) is 2. The topological polar surface area (TPSA) is 66.9 Å². The highest BCUT2D eigenvalue weighted by atomic mass is 32.2. The van der Waals surface area contributed by atoms with E-state index in [1.165, 1.54) is 25.3 Å². The van der Waals surface area contributed by atoms with Crippen molar-refractivity contribution in [2.75, 3.05) is 25.1 Å². The SMILES string of the molecule is C=CCN(CC(=O)N1c2ccccc2CC[C@@H]1C)S(=O)(=O)c1ccc(OC)cc1. The molecule has 1 amide bonds. The summed E-state index contributed by atoms with van der Waals surface area (Å²) in [5, 5.41) is 0. The number of carbonyl (C=O) groups excluding carboxylic acids is 1. The molecule has 6 nitrogen and oxygen atoms in total. The lowest BCUT2D eigenvalue weighted by Gasteiger charge is -2.36. The van der Waals surface area contributed by atoms with Gasteiger partial charge in [-0.05, 0) is 55.7 Å². The van der Waals surface area contributed by atoms with Gasteiger partial charge in [-0.15, -0.1) is 6.58 Å². The smallest absolute Gasteiger partial charge is 0.243 e. The fraction of sp³-hybridized carbons (Fsp3) is 0.318. The molecule has 0 saturated heterocycles. The van der Waals surface area contributed by atoms with Crippen LogP contribution in [0, 0.1) is 0 Å². The maximum Gasteiger partial charge on any atom is 0.243 e. The van der Waals surface area contributed by atoms with Gasteiger partial charge in [0.1, 0.15) is 5.75 Å². The summed E-state index contributed by atoms with van der Waals surface area (Å²) >= 11 is 0. The zero-order chi connectivity index (χ0) is 21.0. The lowest BCUT2D eigenvalue weighted by Crippen LogP contribution is -2.48. The molecule has 0 unspecified atom stereocenters. The molecule has 2 aromatic rings. The summed E-state index contributed by atoms with van der Waals surface area (Å²) < 4.78 is 32.5. The Morgan fingerprint density at radius 1 is 1.24 bits per heavy atom. The van der Waals surface area contributed by atoms with Crippen LogP contribution in [0.4, 0.5) is 5.69 Å². The molecule has 0 bridgehead atoms. The van der Waals surface area contributed by atoms with Crippen molar-refractivity contribution < 1.29 is 17.9 Å². The number of anilines is 1. The maximum atomic E-state index is 13.2. The standard InChI is InChI=1S/C22H26N2O4S/c1-4-15-23(29(26,27)20-13-11-19(28-3)12-14-20)16-22(25)24-17(2)9-10-18-7-5-6-8-21(18)24/h4-8,11-14,17H,1,9-10,15-16H2,2-3H3/t17-/m0/s1. The van der Waals surface area contributed by atoms with Crippen molar-refractivity contribution in [3.8, 4) is 5.75 Å². The molecule has 0 N–H and O–H groups in total. The summed E-state index contributed by atoms with van der Waals surface area (Å²) in [6.45, 7) is 5.44. The van der Waals surface area contributed by atoms with Crippen LogP contribution in [0.5, 0.6) is 5.75 Å². The van der Waals surface area contributed by atoms with E-state index in [-0.39, 0.29) is 29.9 Å². The molecule has 0 radical (unpaired) electrons. The van der Waals surface area contributed by atoms with Crippen molar-refractivity contribution in [3.05, 3.63) is 66.7 Å². The minimum absolute atomic E-state index is 0.00618. The zero-order valence-electron chi connectivity index (χ0n) is 16.7. The Hall–Kier alpha value is -2.64. The Labute approximate surface area is 172 Å². The van der Waals surface area contributed by atoms with Crippen molar-refractivity contribution in [1.29, 1.82) is 0 Å². The number of rotatable bonds is 7. The fourth-order valence-electron chi connectivity index (χ4n) is 3.58. The molecular formula is C22H26N2O4S. The van der Waals surface area contributed by atoms with E-state index in [4.69, 9.17) is 4.74 Å². The number of ether oxygens (including phenoxy) is 1. The third-order valence-electron chi connectivity index (χ3n) is 5.13. The van der Waals surface area contributed by atoms with Gasteiger partial charge in [0.05, 0.1) is 18.6 Å². The molecule has 154 valence electrons. The second-order valence-corrected chi connectivity index (χ2v) is 8.98. The van der Waals surface area contributed by atoms with Crippen molar-refractivity contribution >= 4 is 21.6 Å². The highest BCUT2D eigenvalue weighted by Crippen LogP contribution is 2.31. The van der Waals surface area contributed by atoms with Crippen LogP contribution in [-0.2, 0) is 21.2 Å². The van der Waals surface area contributed by atoms with Crippen LogP contribution in [0.2, 0.25) is 0 Å². The lowest BCUT2D eigenvalue weighted by molar-refractivity contribution is -0.119. The molecule has 0 spiro atoms. The summed E-state index contributed by atoms with van der Waals surface area (Å²) in [5.74, 6) is 0.317. The molecular weight excluding hydrogens is 388 g/mol. The molecule has 0 aliphatic carbocycles. The van der Waals surface area contributed by atoms with E-state index in [2.05, 4.69) is 6.58 Å². The molecule has 0 saturated carbocycles. The number of aryl methyl sites for hydroxylation is 1. The van der Waals surface area contributed by atoms with Crippen LogP contribution >= 0.6 is 0 Å². The predicted molar refractivity (Wildman–Crippen MR) is 114 cm³/mol. The van der Waals surface area contributed by atoms with Gasteiger partial charge in [-0.3, -0.25) is 4.79 Å². The van der Waals surface area contributed by atoms with Crippen LogP contribution < -0.4 is 9.64 Å². The van der Waals surface area contributed by atoms with Gasteiger partial charge in [0.25, 0.3) is 0 Å². The number of methoxy groups -OCH3 is 1. The van der Waals surface area contributed by atoms with Crippen molar-refractivity contribution in [3.63, 3.8) is 0 Å². The second kappa shape index (κ2) is 8.80. The first-order valence-corrected chi connectivity index (χ1v) is 11.0. The Morgan fingerprint density at radius 3 is 2.59 bits per heavy atom. The van der Waals surface area contributed by atoms with Gasteiger partial charge >= 0.3 is 0 Å². The molecule has 1 atom stereocenters. The van der Waals surface area contributed by atoms with Crippen molar-refractivity contribution in [2.24, 2.45) is 0 Å². The first-order valence-electron chi connectivity index (χ1n) is 9.53. The first-order chi connectivity index (χ1) is 13.9. The number of benzene rings is 2. The van der Waals surface area contributed by atoms with E-state index in [0.717, 1.165) is 28.4 Å². The van der Waals surface area contributed by atoms with Crippen molar-refractivity contribution in [2.45, 2.75) is 30.7 Å². The number of fused-ring (bicyclic) bond motifs is 1. The van der Waals surface area contributed by atoms with Crippen LogP contribution in [0.3, 0.4) is 0 Å². The number of amides is 1. The minimum Gasteiger partial charge on any atom is -0.497 e. The van der Waals surface area contributed by atoms with Gasteiger partial charge in [-0.1, -0.05) is 24.3 Å². The number of sulfonamides is 1. The minimum atomic E-state index is -3.86. The summed E-state index contributed by atoms with van der Waals surface area (Å²) in [7, 11) is -2.34. The third-order valence-corrected chi connectivity index (χ3v) is 6.96. The Balaban J connectivity index is 1.88. The van der Waals surface area contributed by atoms with Gasteiger partial charge < -0.3 is 9.64 Å². The second-order valence-electron chi connectivity index (χ2n) is 7.04. The molecule has 2 aromatic carbocycles. The third kappa shape index (κ3) is 4.36. The van der Waals surface area contributed by atoms with Crippen LogP contribution in [0.1, 0.15) is 18.9 Å². The number of hydrogen-bond donors (Lipinski definition) is 0. The zero-order valence-corrected chi connectivity index (χ0v) is 17.6. The maximum absolute atomic E-state index is 13.2. The lowest BCUT2D eigenvalue weighted by atomic mass is 9.96. The molecule has 1 aliphatic heterocycles. The fourth-order valence-corrected chi connectivity index (χ4v) is 4.94. The Kier molecular flexibility index (Phi) is 6.39. The highest BCUT2D eigenvalue weighted by molar-refractivity contribution is 7.89. The van der Waals surface area contributed by atoms with E-state index in [0.29, 0.717) is 5.75 Å². The van der Waals surface area contributed by atoms with Crippen molar-refractivity contribution in [1.82, 2.24) is 4.31 Å². The number of hydrogen-bond acceptors (Lipinski definition) is 4. The van der Waals surface area contributed by atoms with Crippen LogP contribution in [0.15, 0.2) is 66.1 Å². The van der Waals surface area contributed by atoms with E-state index in [9.17, 15) is 13.2 Å². The summed E-state index contributed by atoms with van der Waals surface area (Å²) in [6.07, 6.45) is 3.24. The molecule has 1 heterocycles. The Morgan fingerprint density at radius 2 is 1.93 bits per heavy atom. The average Bonchev–Trinajstić information content (AvgIpc) is 2.73. The van der Waals surface area contributed by atoms with E-state index >= 15 is 0 Å².